The van der Waals surface area contributed by atoms with Crippen LogP contribution in [0.15, 0.2) is 18.2 Å². The van der Waals surface area contributed by atoms with Gasteiger partial charge in [-0.3, -0.25) is 0 Å². The fourth-order valence-electron chi connectivity index (χ4n) is 4.18. The molecule has 1 aliphatic heterocycles. The Labute approximate surface area is 119 Å². The molecule has 2 aliphatic carbocycles. The number of rotatable bonds is 3. The van der Waals surface area contributed by atoms with Crippen LogP contribution in [0.1, 0.15) is 31.2 Å². The van der Waals surface area contributed by atoms with Crippen LogP contribution in [0.3, 0.4) is 0 Å². The molecule has 3 heteroatoms. The van der Waals surface area contributed by atoms with E-state index in [0.717, 1.165) is 41.6 Å². The highest BCUT2D eigenvalue weighted by Gasteiger charge is 2.39. The van der Waals surface area contributed by atoms with E-state index in [9.17, 15) is 0 Å². The minimum Gasteiger partial charge on any atom is -0.488 e. The van der Waals surface area contributed by atoms with E-state index >= 15 is 0 Å². The Morgan fingerprint density at radius 2 is 2.21 bits per heavy atom. The minimum atomic E-state index is 0.285. The first-order valence-electron chi connectivity index (χ1n) is 7.46. The van der Waals surface area contributed by atoms with Crippen LogP contribution >= 0.6 is 11.6 Å². The highest BCUT2D eigenvalue weighted by molar-refractivity contribution is 6.30. The number of benzene rings is 1. The van der Waals surface area contributed by atoms with E-state index in [1.807, 2.05) is 18.2 Å². The molecule has 0 spiro atoms. The molecule has 4 atom stereocenters. The van der Waals surface area contributed by atoms with Gasteiger partial charge in [0.1, 0.15) is 11.9 Å². The van der Waals surface area contributed by atoms with Crippen molar-refractivity contribution < 1.29 is 4.74 Å². The third-order valence-electron chi connectivity index (χ3n) is 5.11. The number of fused-ring (bicyclic) bond motifs is 3. The number of hydrogen-bond acceptors (Lipinski definition) is 2. The Bertz CT molecular complexity index is 490. The van der Waals surface area contributed by atoms with Gasteiger partial charge in [0.05, 0.1) is 0 Å². The van der Waals surface area contributed by atoms with Crippen LogP contribution in [0.25, 0.3) is 0 Å². The summed E-state index contributed by atoms with van der Waals surface area (Å²) in [5, 5.41) is 4.56. The van der Waals surface area contributed by atoms with Crippen LogP contribution in [0.2, 0.25) is 5.02 Å². The van der Waals surface area contributed by atoms with Crippen molar-refractivity contribution in [3.8, 4) is 5.75 Å². The average Bonchev–Trinajstić information content (AvgIpc) is 3.09. The molecule has 2 nitrogen and oxygen atoms in total. The minimum absolute atomic E-state index is 0.285. The van der Waals surface area contributed by atoms with Crippen LogP contribution in [-0.4, -0.2) is 18.7 Å². The van der Waals surface area contributed by atoms with Crippen LogP contribution in [-0.2, 0) is 6.42 Å². The molecule has 0 amide bonds. The third kappa shape index (κ3) is 2.25. The number of halogens is 1. The maximum atomic E-state index is 6.02. The van der Waals surface area contributed by atoms with Crippen LogP contribution in [0.5, 0.6) is 5.75 Å². The Morgan fingerprint density at radius 3 is 3.00 bits per heavy atom. The molecule has 2 saturated carbocycles. The number of ether oxygens (including phenoxy) is 1. The summed E-state index contributed by atoms with van der Waals surface area (Å²) in [4.78, 5) is 0. The van der Waals surface area contributed by atoms with Crippen molar-refractivity contribution in [3.05, 3.63) is 28.8 Å². The zero-order valence-corrected chi connectivity index (χ0v) is 11.8. The largest absolute Gasteiger partial charge is 0.488 e. The first kappa shape index (κ1) is 12.0. The molecule has 4 rings (SSSR count). The van der Waals surface area contributed by atoms with Crippen LogP contribution in [0, 0.1) is 11.8 Å². The van der Waals surface area contributed by atoms with Gasteiger partial charge in [0, 0.05) is 24.0 Å². The molecule has 1 aromatic carbocycles. The standard InChI is InChI=1S/C16H20ClNO/c17-13-3-4-16-12(7-13)8-14(19-16)9-18-15-6-10-1-2-11(15)5-10/h3-4,7,10-11,14-15,18H,1-2,5-6,8-9H2. The van der Waals surface area contributed by atoms with Gasteiger partial charge in [0.15, 0.2) is 0 Å². The summed E-state index contributed by atoms with van der Waals surface area (Å²) in [5.74, 6) is 2.95. The van der Waals surface area contributed by atoms with E-state index in [4.69, 9.17) is 16.3 Å². The van der Waals surface area contributed by atoms with Gasteiger partial charge in [0.25, 0.3) is 0 Å². The molecule has 3 aliphatic rings. The van der Waals surface area contributed by atoms with E-state index in [0.29, 0.717) is 0 Å². The second kappa shape index (κ2) is 4.68. The topological polar surface area (TPSA) is 21.3 Å². The lowest BCUT2D eigenvalue weighted by atomic mass is 9.95. The fourth-order valence-corrected chi connectivity index (χ4v) is 4.38. The monoisotopic (exact) mass is 277 g/mol. The molecule has 2 fully saturated rings. The first-order valence-corrected chi connectivity index (χ1v) is 7.84. The summed E-state index contributed by atoms with van der Waals surface area (Å²) in [6, 6.07) is 6.69. The van der Waals surface area contributed by atoms with E-state index in [-0.39, 0.29) is 6.10 Å². The van der Waals surface area contributed by atoms with Gasteiger partial charge in [-0.2, -0.15) is 0 Å². The van der Waals surface area contributed by atoms with Gasteiger partial charge in [-0.1, -0.05) is 18.0 Å². The van der Waals surface area contributed by atoms with Gasteiger partial charge in [-0.15, -0.1) is 0 Å². The quantitative estimate of drug-likeness (QED) is 0.914. The summed E-state index contributed by atoms with van der Waals surface area (Å²) in [6.45, 7) is 0.972. The van der Waals surface area contributed by atoms with E-state index in [1.165, 1.54) is 31.2 Å². The number of hydrogen-bond donors (Lipinski definition) is 1. The summed E-state index contributed by atoms with van der Waals surface area (Å²) < 4.78 is 5.98. The normalized spacial score (nSPS) is 35.4. The van der Waals surface area contributed by atoms with E-state index < -0.39 is 0 Å². The van der Waals surface area contributed by atoms with E-state index in [1.54, 1.807) is 0 Å². The second-order valence-electron chi connectivity index (χ2n) is 6.39. The molecule has 4 unspecified atom stereocenters. The summed E-state index contributed by atoms with van der Waals surface area (Å²) in [6.07, 6.45) is 7.02. The smallest absolute Gasteiger partial charge is 0.123 e. The molecular formula is C16H20ClNO. The Morgan fingerprint density at radius 1 is 1.26 bits per heavy atom. The maximum Gasteiger partial charge on any atom is 0.123 e. The highest BCUT2D eigenvalue weighted by atomic mass is 35.5. The lowest BCUT2D eigenvalue weighted by Crippen LogP contribution is -2.40. The highest BCUT2D eigenvalue weighted by Crippen LogP contribution is 2.44. The van der Waals surface area contributed by atoms with Crippen molar-refractivity contribution in [2.45, 2.75) is 44.2 Å². The molecule has 102 valence electrons. The second-order valence-corrected chi connectivity index (χ2v) is 6.82. The predicted molar refractivity (Wildman–Crippen MR) is 76.8 cm³/mol. The molecule has 2 bridgehead atoms. The van der Waals surface area contributed by atoms with Crippen LogP contribution < -0.4 is 10.1 Å². The predicted octanol–water partition coefficient (Wildman–Crippen LogP) is 3.42. The lowest BCUT2D eigenvalue weighted by molar-refractivity contribution is 0.211. The van der Waals surface area contributed by atoms with Crippen molar-refractivity contribution in [1.29, 1.82) is 0 Å². The van der Waals surface area contributed by atoms with Crippen molar-refractivity contribution in [2.75, 3.05) is 6.54 Å². The zero-order valence-electron chi connectivity index (χ0n) is 11.1. The van der Waals surface area contributed by atoms with Crippen molar-refractivity contribution in [2.24, 2.45) is 11.8 Å². The summed E-state index contributed by atoms with van der Waals surface area (Å²) in [5.41, 5.74) is 1.26. The van der Waals surface area contributed by atoms with Crippen molar-refractivity contribution >= 4 is 11.6 Å². The molecular weight excluding hydrogens is 258 g/mol. The van der Waals surface area contributed by atoms with Gasteiger partial charge in [-0.25, -0.2) is 0 Å². The fraction of sp³-hybridized carbons (Fsp3) is 0.625. The SMILES string of the molecule is Clc1ccc2c(c1)CC(CNC1CC3CCC1C3)O2. The third-order valence-corrected chi connectivity index (χ3v) is 5.34. The Hall–Kier alpha value is -0.730. The Balaban J connectivity index is 1.34. The van der Waals surface area contributed by atoms with Crippen molar-refractivity contribution in [1.82, 2.24) is 5.32 Å². The average molecular weight is 278 g/mol. The van der Waals surface area contributed by atoms with Gasteiger partial charge < -0.3 is 10.1 Å². The first-order chi connectivity index (χ1) is 9.28. The van der Waals surface area contributed by atoms with Crippen molar-refractivity contribution in [3.63, 3.8) is 0 Å². The van der Waals surface area contributed by atoms with E-state index in [2.05, 4.69) is 5.32 Å². The Kier molecular flexibility index (Phi) is 2.96. The molecule has 0 saturated heterocycles. The molecule has 1 aromatic rings. The molecule has 1 heterocycles. The zero-order chi connectivity index (χ0) is 12.8. The molecule has 0 radical (unpaired) electrons. The van der Waals surface area contributed by atoms with Gasteiger partial charge in [-0.05, 0) is 54.9 Å². The van der Waals surface area contributed by atoms with Gasteiger partial charge in [0.2, 0.25) is 0 Å². The van der Waals surface area contributed by atoms with Crippen LogP contribution in [0.4, 0.5) is 0 Å². The summed E-state index contributed by atoms with van der Waals surface area (Å²) in [7, 11) is 0. The lowest BCUT2D eigenvalue weighted by Gasteiger charge is -2.24. The maximum absolute atomic E-state index is 6.02. The molecule has 1 N–H and O–H groups in total. The van der Waals surface area contributed by atoms with Gasteiger partial charge >= 0.3 is 0 Å². The summed E-state index contributed by atoms with van der Waals surface area (Å²) >= 11 is 6.02. The number of nitrogens with one attached hydrogen (secondary N) is 1. The molecule has 19 heavy (non-hydrogen) atoms. The molecule has 0 aromatic heterocycles.